The third kappa shape index (κ3) is 4.72. The van der Waals surface area contributed by atoms with Crippen LogP contribution in [0.5, 0.6) is 0 Å². The first-order valence-electron chi connectivity index (χ1n) is 5.88. The number of esters is 1. The van der Waals surface area contributed by atoms with Gasteiger partial charge < -0.3 is 4.74 Å². The molecule has 0 N–H and O–H groups in total. The van der Waals surface area contributed by atoms with Gasteiger partial charge in [-0.15, -0.1) is 0 Å². The van der Waals surface area contributed by atoms with Gasteiger partial charge in [-0.1, -0.05) is 58.4 Å². The minimum atomic E-state index is -0.341. The average molecular weight is 317 g/mol. The molecule has 0 aromatic heterocycles. The summed E-state index contributed by atoms with van der Waals surface area (Å²) in [5, 5.41) is 0. The van der Waals surface area contributed by atoms with Crippen molar-refractivity contribution in [2.45, 2.75) is 6.61 Å². The molecule has 0 heterocycles. The van der Waals surface area contributed by atoms with Crippen LogP contribution >= 0.6 is 15.9 Å². The van der Waals surface area contributed by atoms with E-state index in [1.165, 1.54) is 6.08 Å². The van der Waals surface area contributed by atoms with E-state index in [2.05, 4.69) is 15.9 Å². The topological polar surface area (TPSA) is 26.3 Å². The van der Waals surface area contributed by atoms with Gasteiger partial charge in [-0.05, 0) is 29.3 Å². The molecule has 2 aromatic rings. The molecule has 96 valence electrons. The highest BCUT2D eigenvalue weighted by molar-refractivity contribution is 9.10. The first-order valence-corrected chi connectivity index (χ1v) is 6.68. The predicted molar refractivity (Wildman–Crippen MR) is 79.4 cm³/mol. The molecule has 2 rings (SSSR count). The quantitative estimate of drug-likeness (QED) is 0.624. The number of hydrogen-bond donors (Lipinski definition) is 0. The highest BCUT2D eigenvalue weighted by Gasteiger charge is 1.98. The van der Waals surface area contributed by atoms with E-state index >= 15 is 0 Å². The smallest absolute Gasteiger partial charge is 0.331 e. The molecule has 2 aromatic carbocycles. The molecular weight excluding hydrogens is 304 g/mol. The lowest BCUT2D eigenvalue weighted by molar-refractivity contribution is -0.138. The Morgan fingerprint density at radius 3 is 2.42 bits per heavy atom. The van der Waals surface area contributed by atoms with Gasteiger partial charge in [0.25, 0.3) is 0 Å². The highest BCUT2D eigenvalue weighted by Crippen LogP contribution is 2.11. The summed E-state index contributed by atoms with van der Waals surface area (Å²) in [4.78, 5) is 11.5. The van der Waals surface area contributed by atoms with Gasteiger partial charge in [-0.25, -0.2) is 4.79 Å². The summed E-state index contributed by atoms with van der Waals surface area (Å²) in [6, 6.07) is 17.3. The lowest BCUT2D eigenvalue weighted by Crippen LogP contribution is -2.00. The molecule has 0 saturated carbocycles. The number of halogens is 1. The Labute approximate surface area is 120 Å². The maximum absolute atomic E-state index is 11.5. The maximum atomic E-state index is 11.5. The molecule has 0 radical (unpaired) electrons. The molecule has 0 unspecified atom stereocenters. The molecule has 19 heavy (non-hydrogen) atoms. The van der Waals surface area contributed by atoms with Gasteiger partial charge in [-0.2, -0.15) is 0 Å². The first kappa shape index (κ1) is 13.6. The van der Waals surface area contributed by atoms with Crippen LogP contribution < -0.4 is 0 Å². The van der Waals surface area contributed by atoms with Gasteiger partial charge in [0.2, 0.25) is 0 Å². The average Bonchev–Trinajstić information content (AvgIpc) is 2.45. The van der Waals surface area contributed by atoms with E-state index in [0.717, 1.165) is 15.6 Å². The van der Waals surface area contributed by atoms with Crippen molar-refractivity contribution >= 4 is 28.0 Å². The van der Waals surface area contributed by atoms with Gasteiger partial charge >= 0.3 is 5.97 Å². The molecule has 0 aliphatic carbocycles. The van der Waals surface area contributed by atoms with Crippen LogP contribution in [0.2, 0.25) is 0 Å². The number of carbonyl (C=O) groups excluding carboxylic acids is 1. The molecule has 0 atom stereocenters. The third-order valence-electron chi connectivity index (χ3n) is 2.51. The lowest BCUT2D eigenvalue weighted by atomic mass is 10.2. The Balaban J connectivity index is 1.86. The zero-order valence-electron chi connectivity index (χ0n) is 10.3. The molecule has 0 aliphatic rings. The van der Waals surface area contributed by atoms with Crippen molar-refractivity contribution in [1.82, 2.24) is 0 Å². The second-order valence-electron chi connectivity index (χ2n) is 3.98. The number of ether oxygens (including phenoxy) is 1. The maximum Gasteiger partial charge on any atom is 0.331 e. The molecule has 0 bridgehead atoms. The van der Waals surface area contributed by atoms with Crippen molar-refractivity contribution < 1.29 is 9.53 Å². The van der Waals surface area contributed by atoms with E-state index in [1.54, 1.807) is 6.08 Å². The summed E-state index contributed by atoms with van der Waals surface area (Å²) in [6.45, 7) is 0.296. The standard InChI is InChI=1S/C16H13BrO2/c17-15-9-6-13(7-10-15)8-11-16(18)19-12-14-4-2-1-3-5-14/h1-11H,12H2. The van der Waals surface area contributed by atoms with Crippen molar-refractivity contribution in [1.29, 1.82) is 0 Å². The number of benzene rings is 2. The van der Waals surface area contributed by atoms with Crippen LogP contribution in [0.25, 0.3) is 6.08 Å². The molecule has 2 nitrogen and oxygen atoms in total. The van der Waals surface area contributed by atoms with Crippen molar-refractivity contribution in [2.75, 3.05) is 0 Å². The van der Waals surface area contributed by atoms with Crippen LogP contribution in [-0.4, -0.2) is 5.97 Å². The number of rotatable bonds is 4. The summed E-state index contributed by atoms with van der Waals surface area (Å²) in [7, 11) is 0. The van der Waals surface area contributed by atoms with E-state index in [1.807, 2.05) is 54.6 Å². The van der Waals surface area contributed by atoms with Gasteiger partial charge in [0.1, 0.15) is 6.61 Å². The van der Waals surface area contributed by atoms with Crippen molar-refractivity contribution in [2.24, 2.45) is 0 Å². The Hall–Kier alpha value is -1.87. The molecule has 0 aliphatic heterocycles. The third-order valence-corrected chi connectivity index (χ3v) is 3.03. The normalized spacial score (nSPS) is 10.6. The first-order chi connectivity index (χ1) is 9.24. The number of carbonyl (C=O) groups is 1. The molecule has 0 spiro atoms. The monoisotopic (exact) mass is 316 g/mol. The van der Waals surface area contributed by atoms with Crippen molar-refractivity contribution in [3.63, 3.8) is 0 Å². The van der Waals surface area contributed by atoms with E-state index in [4.69, 9.17) is 4.74 Å². The van der Waals surface area contributed by atoms with E-state index in [-0.39, 0.29) is 5.97 Å². The van der Waals surface area contributed by atoms with Crippen LogP contribution in [0, 0.1) is 0 Å². The summed E-state index contributed by atoms with van der Waals surface area (Å²) < 4.78 is 6.15. The molecule has 0 amide bonds. The van der Waals surface area contributed by atoms with Gasteiger partial charge in [-0.3, -0.25) is 0 Å². The highest BCUT2D eigenvalue weighted by atomic mass is 79.9. The van der Waals surface area contributed by atoms with Crippen LogP contribution in [-0.2, 0) is 16.1 Å². The number of hydrogen-bond acceptors (Lipinski definition) is 2. The SMILES string of the molecule is O=C(C=Cc1ccc(Br)cc1)OCc1ccccc1. The van der Waals surface area contributed by atoms with Crippen molar-refractivity contribution in [3.05, 3.63) is 76.3 Å². The lowest BCUT2D eigenvalue weighted by Gasteiger charge is -2.01. The molecule has 0 saturated heterocycles. The van der Waals surface area contributed by atoms with Crippen LogP contribution in [0.15, 0.2) is 65.1 Å². The van der Waals surface area contributed by atoms with Gasteiger partial charge in [0.15, 0.2) is 0 Å². The fourth-order valence-electron chi connectivity index (χ4n) is 1.51. The predicted octanol–water partition coefficient (Wildman–Crippen LogP) is 4.21. The van der Waals surface area contributed by atoms with Crippen molar-refractivity contribution in [3.8, 4) is 0 Å². The minimum absolute atomic E-state index is 0.296. The van der Waals surface area contributed by atoms with E-state index < -0.39 is 0 Å². The Morgan fingerprint density at radius 1 is 1.05 bits per heavy atom. The van der Waals surface area contributed by atoms with E-state index in [0.29, 0.717) is 6.61 Å². The fourth-order valence-corrected chi connectivity index (χ4v) is 1.78. The zero-order chi connectivity index (χ0) is 13.5. The zero-order valence-corrected chi connectivity index (χ0v) is 11.8. The van der Waals surface area contributed by atoms with Crippen LogP contribution in [0.3, 0.4) is 0 Å². The molecule has 0 fully saturated rings. The molecule has 3 heteroatoms. The van der Waals surface area contributed by atoms with Gasteiger partial charge in [0.05, 0.1) is 0 Å². The Kier molecular flexibility index (Phi) is 4.93. The van der Waals surface area contributed by atoms with Gasteiger partial charge in [0, 0.05) is 10.5 Å². The minimum Gasteiger partial charge on any atom is -0.458 e. The van der Waals surface area contributed by atoms with Crippen LogP contribution in [0.4, 0.5) is 0 Å². The molecular formula is C16H13BrO2. The second kappa shape index (κ2) is 6.90. The largest absolute Gasteiger partial charge is 0.458 e. The fraction of sp³-hybridized carbons (Fsp3) is 0.0625. The van der Waals surface area contributed by atoms with E-state index in [9.17, 15) is 4.79 Å². The van der Waals surface area contributed by atoms with Crippen LogP contribution in [0.1, 0.15) is 11.1 Å². The summed E-state index contributed by atoms with van der Waals surface area (Å²) in [5.41, 5.74) is 1.94. The summed E-state index contributed by atoms with van der Waals surface area (Å²) in [6.07, 6.45) is 3.17. The Bertz CT molecular complexity index is 559. The summed E-state index contributed by atoms with van der Waals surface area (Å²) >= 11 is 3.36. The summed E-state index contributed by atoms with van der Waals surface area (Å²) in [5.74, 6) is -0.341. The second-order valence-corrected chi connectivity index (χ2v) is 4.89. The Morgan fingerprint density at radius 2 is 1.74 bits per heavy atom.